The van der Waals surface area contributed by atoms with Gasteiger partial charge in [0, 0.05) is 17.5 Å². The van der Waals surface area contributed by atoms with E-state index in [1.54, 1.807) is 6.07 Å². The fraction of sp³-hybridized carbons (Fsp3) is 0.389. The molecule has 1 aliphatic heterocycles. The second-order valence-electron chi connectivity index (χ2n) is 5.81. The third kappa shape index (κ3) is 3.97. The van der Waals surface area contributed by atoms with E-state index in [0.717, 1.165) is 11.8 Å². The van der Waals surface area contributed by atoms with Crippen molar-refractivity contribution in [3.63, 3.8) is 0 Å². The number of hydrogen-bond donors (Lipinski definition) is 1. The summed E-state index contributed by atoms with van der Waals surface area (Å²) in [6.45, 7) is 4.99. The smallest absolute Gasteiger partial charge is 0.230 e. The molecule has 1 amide bonds. The van der Waals surface area contributed by atoms with Gasteiger partial charge in [0.25, 0.3) is 0 Å². The number of aromatic nitrogens is 1. The number of amides is 1. The van der Waals surface area contributed by atoms with Crippen molar-refractivity contribution in [1.29, 1.82) is 5.26 Å². The number of benzene rings is 1. The first-order valence-electron chi connectivity index (χ1n) is 8.17. The number of thioether (sulfide) groups is 1. The van der Waals surface area contributed by atoms with Gasteiger partial charge in [-0.1, -0.05) is 18.7 Å². The zero-order valence-corrected chi connectivity index (χ0v) is 15.0. The van der Waals surface area contributed by atoms with E-state index in [1.165, 1.54) is 11.8 Å². The van der Waals surface area contributed by atoms with E-state index in [4.69, 9.17) is 9.47 Å². The summed E-state index contributed by atoms with van der Waals surface area (Å²) in [5.41, 5.74) is 1.17. The zero-order valence-electron chi connectivity index (χ0n) is 14.2. The minimum absolute atomic E-state index is 0.0627. The van der Waals surface area contributed by atoms with Gasteiger partial charge >= 0.3 is 0 Å². The molecule has 0 unspecified atom stereocenters. The van der Waals surface area contributed by atoms with Gasteiger partial charge < -0.3 is 14.8 Å². The number of hydrogen-bond acceptors (Lipinski definition) is 6. The van der Waals surface area contributed by atoms with Gasteiger partial charge in [0.05, 0.1) is 16.8 Å². The van der Waals surface area contributed by atoms with Crippen LogP contribution in [-0.4, -0.2) is 35.9 Å². The number of ether oxygens (including phenoxy) is 2. The first-order valence-corrected chi connectivity index (χ1v) is 9.16. The van der Waals surface area contributed by atoms with Crippen LogP contribution in [0.25, 0.3) is 10.9 Å². The average Bonchev–Trinajstić information content (AvgIpc) is 2.63. The largest absolute Gasteiger partial charge is 0.486 e. The maximum Gasteiger partial charge on any atom is 0.230 e. The number of nitriles is 1. The predicted molar refractivity (Wildman–Crippen MR) is 96.1 cm³/mol. The first kappa shape index (κ1) is 17.4. The van der Waals surface area contributed by atoms with Crippen molar-refractivity contribution in [1.82, 2.24) is 10.3 Å². The predicted octanol–water partition coefficient (Wildman–Crippen LogP) is 2.88. The van der Waals surface area contributed by atoms with E-state index in [2.05, 4.69) is 16.4 Å². The highest BCUT2D eigenvalue weighted by Crippen LogP contribution is 2.35. The maximum absolute atomic E-state index is 12.0. The van der Waals surface area contributed by atoms with Crippen LogP contribution >= 0.6 is 11.8 Å². The molecule has 0 spiro atoms. The summed E-state index contributed by atoms with van der Waals surface area (Å²) < 4.78 is 11.1. The molecule has 3 rings (SSSR count). The van der Waals surface area contributed by atoms with Crippen LogP contribution in [0.3, 0.4) is 0 Å². The average molecular weight is 357 g/mol. The fourth-order valence-corrected chi connectivity index (χ4v) is 3.21. The third-order valence-corrected chi connectivity index (χ3v) is 4.92. The Morgan fingerprint density at radius 3 is 2.76 bits per heavy atom. The van der Waals surface area contributed by atoms with Gasteiger partial charge in [-0.25, -0.2) is 4.98 Å². The van der Waals surface area contributed by atoms with Crippen molar-refractivity contribution in [2.75, 3.05) is 19.0 Å². The highest BCUT2D eigenvalue weighted by molar-refractivity contribution is 8.00. The van der Waals surface area contributed by atoms with Crippen molar-refractivity contribution in [3.05, 3.63) is 23.8 Å². The zero-order chi connectivity index (χ0) is 17.8. The van der Waals surface area contributed by atoms with Gasteiger partial charge in [-0.05, 0) is 25.5 Å². The number of rotatable bonds is 5. The molecule has 0 bridgehead atoms. The standard InChI is InChI=1S/C18H19N3O3S/c1-3-11(2)20-17(22)10-25-18-13(9-19)6-12-7-15-16(8-14(12)21-18)24-5-4-23-15/h6-8,11H,3-5,10H2,1-2H3,(H,20,22)/t11-/m1/s1. The Balaban J connectivity index is 1.84. The lowest BCUT2D eigenvalue weighted by molar-refractivity contribution is -0.119. The van der Waals surface area contributed by atoms with Crippen LogP contribution in [0, 0.1) is 11.3 Å². The van der Waals surface area contributed by atoms with Crippen molar-refractivity contribution in [3.8, 4) is 17.6 Å². The molecule has 6 nitrogen and oxygen atoms in total. The minimum Gasteiger partial charge on any atom is -0.486 e. The van der Waals surface area contributed by atoms with Crippen LogP contribution in [0.2, 0.25) is 0 Å². The van der Waals surface area contributed by atoms with E-state index in [0.29, 0.717) is 40.8 Å². The number of carbonyl (C=O) groups is 1. The van der Waals surface area contributed by atoms with E-state index in [-0.39, 0.29) is 17.7 Å². The molecule has 2 aromatic rings. The Kier molecular flexibility index (Phi) is 5.29. The summed E-state index contributed by atoms with van der Waals surface area (Å²) in [4.78, 5) is 16.5. The van der Waals surface area contributed by atoms with Gasteiger partial charge in [0.1, 0.15) is 24.3 Å². The molecular weight excluding hydrogens is 338 g/mol. The number of fused-ring (bicyclic) bond motifs is 2. The Hall–Kier alpha value is -2.46. The summed E-state index contributed by atoms with van der Waals surface area (Å²) in [6, 6.07) is 7.71. The van der Waals surface area contributed by atoms with Gasteiger partial charge in [-0.2, -0.15) is 5.26 Å². The SMILES string of the molecule is CC[C@@H](C)NC(=O)CSc1nc2cc3c(cc2cc1C#N)OCCO3. The molecular formula is C18H19N3O3S. The molecule has 0 fully saturated rings. The monoisotopic (exact) mass is 357 g/mol. The van der Waals surface area contributed by atoms with Gasteiger partial charge in [0.2, 0.25) is 5.91 Å². The topological polar surface area (TPSA) is 84.2 Å². The molecule has 0 aliphatic carbocycles. The third-order valence-electron chi connectivity index (χ3n) is 3.92. The van der Waals surface area contributed by atoms with E-state index < -0.39 is 0 Å². The molecule has 1 aromatic carbocycles. The van der Waals surface area contributed by atoms with Crippen molar-refractivity contribution >= 4 is 28.6 Å². The van der Waals surface area contributed by atoms with Crippen LogP contribution in [-0.2, 0) is 4.79 Å². The molecule has 0 saturated carbocycles. The van der Waals surface area contributed by atoms with Crippen LogP contribution in [0.4, 0.5) is 0 Å². The van der Waals surface area contributed by atoms with Crippen LogP contribution < -0.4 is 14.8 Å². The van der Waals surface area contributed by atoms with E-state index >= 15 is 0 Å². The lowest BCUT2D eigenvalue weighted by atomic mass is 10.1. The maximum atomic E-state index is 12.0. The molecule has 7 heteroatoms. The van der Waals surface area contributed by atoms with Crippen molar-refractivity contribution in [2.24, 2.45) is 0 Å². The Labute approximate surface area is 150 Å². The minimum atomic E-state index is -0.0627. The second-order valence-corrected chi connectivity index (χ2v) is 6.77. The Morgan fingerprint density at radius 1 is 1.36 bits per heavy atom. The molecule has 130 valence electrons. The Morgan fingerprint density at radius 2 is 2.08 bits per heavy atom. The quantitative estimate of drug-likeness (QED) is 0.829. The summed E-state index contributed by atoms with van der Waals surface area (Å²) in [5.74, 6) is 1.48. The van der Waals surface area contributed by atoms with Crippen molar-refractivity contribution in [2.45, 2.75) is 31.3 Å². The fourth-order valence-electron chi connectivity index (χ4n) is 2.44. The lowest BCUT2D eigenvalue weighted by Crippen LogP contribution is -2.33. The van der Waals surface area contributed by atoms with Crippen molar-refractivity contribution < 1.29 is 14.3 Å². The lowest BCUT2D eigenvalue weighted by Gasteiger charge is -2.19. The normalized spacial score (nSPS) is 14.0. The molecule has 1 aliphatic rings. The number of carbonyl (C=O) groups excluding carboxylic acids is 1. The number of nitrogens with zero attached hydrogens (tertiary/aromatic N) is 2. The van der Waals surface area contributed by atoms with Gasteiger partial charge in [-0.3, -0.25) is 4.79 Å². The summed E-state index contributed by atoms with van der Waals surface area (Å²) in [7, 11) is 0. The first-order chi connectivity index (χ1) is 12.1. The van der Waals surface area contributed by atoms with Gasteiger partial charge in [-0.15, -0.1) is 0 Å². The highest BCUT2D eigenvalue weighted by atomic mass is 32.2. The second kappa shape index (κ2) is 7.62. The highest BCUT2D eigenvalue weighted by Gasteiger charge is 2.16. The summed E-state index contributed by atoms with van der Waals surface area (Å²) in [6.07, 6.45) is 0.876. The van der Waals surface area contributed by atoms with Gasteiger partial charge in [0.15, 0.2) is 11.5 Å². The molecule has 1 aromatic heterocycles. The number of nitrogens with one attached hydrogen (secondary N) is 1. The Bertz CT molecular complexity index is 848. The van der Waals surface area contributed by atoms with E-state index in [9.17, 15) is 10.1 Å². The molecule has 0 radical (unpaired) electrons. The summed E-state index contributed by atoms with van der Waals surface area (Å²) in [5, 5.41) is 13.7. The van der Waals surface area contributed by atoms with E-state index in [1.807, 2.05) is 26.0 Å². The molecule has 25 heavy (non-hydrogen) atoms. The molecule has 1 atom stereocenters. The van der Waals surface area contributed by atoms with Crippen LogP contribution in [0.15, 0.2) is 23.2 Å². The molecule has 1 N–H and O–H groups in total. The van der Waals surface area contributed by atoms with Crippen LogP contribution in [0.1, 0.15) is 25.8 Å². The molecule has 2 heterocycles. The number of pyridine rings is 1. The van der Waals surface area contributed by atoms with Crippen LogP contribution in [0.5, 0.6) is 11.5 Å². The molecule has 0 saturated heterocycles. The summed E-state index contributed by atoms with van der Waals surface area (Å²) >= 11 is 1.27.